The van der Waals surface area contributed by atoms with E-state index in [1.165, 1.54) is 51.4 Å². The van der Waals surface area contributed by atoms with E-state index in [2.05, 4.69) is 50.3 Å². The molecule has 58 heavy (non-hydrogen) atoms. The third kappa shape index (κ3) is 27.0. The Balaban J connectivity index is 2.50. The van der Waals surface area contributed by atoms with Crippen molar-refractivity contribution in [2.24, 2.45) is 0 Å². The molecule has 1 fully saturated rings. The lowest BCUT2D eigenvalue weighted by Gasteiger charge is -2.41. The molecule has 0 radical (unpaired) electrons. The first kappa shape index (κ1) is 54.1. The number of aliphatic hydroxyl groups excluding tert-OH is 5. The van der Waals surface area contributed by atoms with Gasteiger partial charge in [0.2, 0.25) is 0 Å². The number of unbranched alkanes of at least 4 members (excludes halogenated alkanes) is 18. The van der Waals surface area contributed by atoms with Crippen LogP contribution in [0.25, 0.3) is 0 Å². The number of hydrogen-bond acceptors (Lipinski definition) is 12. The average Bonchev–Trinajstić information content (AvgIpc) is 3.20. The first-order valence-corrected chi connectivity index (χ1v) is 23.8. The zero-order valence-corrected chi connectivity index (χ0v) is 36.5. The molecule has 6 unspecified atom stereocenters. The number of carbonyl (C=O) groups is 2. The summed E-state index contributed by atoms with van der Waals surface area (Å²) < 4.78 is 33.5. The molecule has 338 valence electrons. The fourth-order valence-corrected chi connectivity index (χ4v) is 7.52. The summed E-state index contributed by atoms with van der Waals surface area (Å²) in [5.41, 5.74) is 0. The number of allylic oxidation sites excluding steroid dienone is 6. The molecule has 1 aliphatic carbocycles. The maximum Gasteiger partial charge on any atom is 0.472 e. The molecule has 8 atom stereocenters. The number of ether oxygens (including phenoxy) is 2. The lowest BCUT2D eigenvalue weighted by atomic mass is 9.85. The molecule has 1 saturated carbocycles. The quantitative estimate of drug-likeness (QED) is 0.0152. The molecule has 0 heterocycles. The molecule has 13 nitrogen and oxygen atoms in total. The normalized spacial score (nSPS) is 22.8. The molecule has 14 heteroatoms. The highest BCUT2D eigenvalue weighted by Crippen LogP contribution is 2.47. The standard InChI is InChI=1S/C44H79O13P/c1-3-5-7-9-11-13-15-17-19-21-23-25-27-29-31-33-38(46)56-36(35-55-58(52,53)57-44-42(50)40(48)39(47)41(49)43(44)51)34-54-37(45)32-30-28-26-24-22-20-18-16-14-12-10-8-6-4-2/h11,13,16-19,36,39-44,47-51H,3-10,12,14-15,20-35H2,1-2H3,(H,52,53)/b13-11+,18-16+,19-17+/t36-,39?,40-,41?,42?,43?,44?/m0/s1. The Morgan fingerprint density at radius 1 is 0.534 bits per heavy atom. The minimum Gasteiger partial charge on any atom is -0.462 e. The summed E-state index contributed by atoms with van der Waals surface area (Å²) in [7, 11) is -5.12. The van der Waals surface area contributed by atoms with Crippen molar-refractivity contribution < 1.29 is 63.1 Å². The van der Waals surface area contributed by atoms with E-state index in [0.29, 0.717) is 12.8 Å². The van der Waals surface area contributed by atoms with Crippen LogP contribution < -0.4 is 0 Å². The van der Waals surface area contributed by atoms with Crippen molar-refractivity contribution in [3.8, 4) is 0 Å². The Morgan fingerprint density at radius 2 is 0.931 bits per heavy atom. The SMILES string of the molecule is CCCCC/C=C/C/C=C/CCCCCCCC(=O)O[C@@H](COC(=O)CCCCCCC/C=C/CCCCCCC)COP(=O)(O)OC1C(O)C(O)C(O)[C@H](O)C1O. The molecule has 0 aliphatic heterocycles. The molecule has 1 rings (SSSR count). The Kier molecular flexibility index (Phi) is 32.4. The summed E-state index contributed by atoms with van der Waals surface area (Å²) >= 11 is 0. The van der Waals surface area contributed by atoms with Gasteiger partial charge in [-0.2, -0.15) is 0 Å². The van der Waals surface area contributed by atoms with Gasteiger partial charge in [0, 0.05) is 12.8 Å². The van der Waals surface area contributed by atoms with Crippen molar-refractivity contribution in [2.75, 3.05) is 13.2 Å². The van der Waals surface area contributed by atoms with Crippen LogP contribution in [0.4, 0.5) is 0 Å². The number of phosphoric acid groups is 1. The van der Waals surface area contributed by atoms with E-state index >= 15 is 0 Å². The van der Waals surface area contributed by atoms with Gasteiger partial charge in [-0.25, -0.2) is 4.57 Å². The van der Waals surface area contributed by atoms with Crippen LogP contribution in [0.3, 0.4) is 0 Å². The van der Waals surface area contributed by atoms with Gasteiger partial charge in [-0.3, -0.25) is 18.6 Å². The van der Waals surface area contributed by atoms with Crippen molar-refractivity contribution in [3.05, 3.63) is 36.5 Å². The van der Waals surface area contributed by atoms with Crippen LogP contribution in [-0.2, 0) is 32.7 Å². The predicted molar refractivity (Wildman–Crippen MR) is 226 cm³/mol. The maximum absolute atomic E-state index is 12.8. The summed E-state index contributed by atoms with van der Waals surface area (Å²) in [6, 6.07) is 0. The smallest absolute Gasteiger partial charge is 0.462 e. The Hall–Kier alpha value is -1.93. The number of phosphoric ester groups is 1. The van der Waals surface area contributed by atoms with E-state index in [0.717, 1.165) is 83.5 Å². The number of hydrogen-bond donors (Lipinski definition) is 6. The fourth-order valence-electron chi connectivity index (χ4n) is 6.55. The number of rotatable bonds is 36. The van der Waals surface area contributed by atoms with Gasteiger partial charge in [0.05, 0.1) is 6.61 Å². The van der Waals surface area contributed by atoms with Crippen LogP contribution in [0.1, 0.15) is 174 Å². The van der Waals surface area contributed by atoms with Crippen molar-refractivity contribution in [1.29, 1.82) is 0 Å². The van der Waals surface area contributed by atoms with Gasteiger partial charge in [-0.15, -0.1) is 0 Å². The van der Waals surface area contributed by atoms with Crippen LogP contribution in [0.2, 0.25) is 0 Å². The summed E-state index contributed by atoms with van der Waals surface area (Å²) in [6.07, 6.45) is 24.8. The first-order valence-electron chi connectivity index (χ1n) is 22.3. The molecule has 0 aromatic rings. The molecule has 0 aromatic carbocycles. The molecule has 0 aromatic heterocycles. The second kappa shape index (κ2) is 34.7. The molecule has 1 aliphatic rings. The van der Waals surface area contributed by atoms with Crippen LogP contribution in [0.15, 0.2) is 36.5 Å². The van der Waals surface area contributed by atoms with Gasteiger partial charge in [0.25, 0.3) is 0 Å². The predicted octanol–water partition coefficient (Wildman–Crippen LogP) is 8.22. The maximum atomic E-state index is 12.8. The zero-order valence-electron chi connectivity index (χ0n) is 35.6. The number of aliphatic hydroxyl groups is 5. The van der Waals surface area contributed by atoms with Gasteiger partial charge >= 0.3 is 19.8 Å². The van der Waals surface area contributed by atoms with Crippen molar-refractivity contribution in [1.82, 2.24) is 0 Å². The molecule has 6 N–H and O–H groups in total. The van der Waals surface area contributed by atoms with E-state index in [9.17, 15) is 44.6 Å². The van der Waals surface area contributed by atoms with E-state index in [4.69, 9.17) is 18.5 Å². The van der Waals surface area contributed by atoms with Crippen LogP contribution >= 0.6 is 7.82 Å². The van der Waals surface area contributed by atoms with E-state index in [1.54, 1.807) is 0 Å². The van der Waals surface area contributed by atoms with Gasteiger partial charge < -0.3 is 39.9 Å². The monoisotopic (exact) mass is 847 g/mol. The van der Waals surface area contributed by atoms with Crippen molar-refractivity contribution >= 4 is 19.8 Å². The van der Waals surface area contributed by atoms with Crippen molar-refractivity contribution in [2.45, 2.75) is 217 Å². The second-order valence-corrected chi connectivity index (χ2v) is 16.9. The highest BCUT2D eigenvalue weighted by molar-refractivity contribution is 7.47. The highest BCUT2D eigenvalue weighted by atomic mass is 31.2. The minimum atomic E-state index is -5.12. The third-order valence-corrected chi connectivity index (χ3v) is 11.2. The van der Waals surface area contributed by atoms with E-state index in [1.807, 2.05) is 0 Å². The van der Waals surface area contributed by atoms with Crippen molar-refractivity contribution in [3.63, 3.8) is 0 Å². The van der Waals surface area contributed by atoms with Gasteiger partial charge in [0.15, 0.2) is 6.10 Å². The lowest BCUT2D eigenvalue weighted by Crippen LogP contribution is -2.64. The van der Waals surface area contributed by atoms with E-state index in [-0.39, 0.29) is 12.8 Å². The highest BCUT2D eigenvalue weighted by Gasteiger charge is 2.51. The van der Waals surface area contributed by atoms with Gasteiger partial charge in [-0.1, -0.05) is 127 Å². The fraction of sp³-hybridized carbons (Fsp3) is 0.818. The van der Waals surface area contributed by atoms with E-state index < -0.39 is 75.7 Å². The third-order valence-electron chi connectivity index (χ3n) is 10.2. The molecule has 0 spiro atoms. The summed E-state index contributed by atoms with van der Waals surface area (Å²) in [5, 5.41) is 50.1. The Labute approximate surface area is 348 Å². The Morgan fingerprint density at radius 3 is 1.45 bits per heavy atom. The summed E-state index contributed by atoms with van der Waals surface area (Å²) in [5.74, 6) is -1.13. The Bertz CT molecular complexity index is 1160. The molecule has 0 bridgehead atoms. The average molecular weight is 847 g/mol. The zero-order chi connectivity index (χ0) is 42.9. The second-order valence-electron chi connectivity index (χ2n) is 15.5. The molecular formula is C44H79O13P. The van der Waals surface area contributed by atoms with Crippen LogP contribution in [0, 0.1) is 0 Å². The lowest BCUT2D eigenvalue weighted by molar-refractivity contribution is -0.220. The number of esters is 2. The first-order chi connectivity index (χ1) is 27.9. The summed E-state index contributed by atoms with van der Waals surface area (Å²) in [4.78, 5) is 35.6. The topological polar surface area (TPSA) is 210 Å². The van der Waals surface area contributed by atoms with Gasteiger partial charge in [0.1, 0.15) is 43.2 Å². The van der Waals surface area contributed by atoms with Gasteiger partial charge in [-0.05, 0) is 70.6 Å². The largest absolute Gasteiger partial charge is 0.472 e. The van der Waals surface area contributed by atoms with Crippen LogP contribution in [-0.4, -0.2) is 98.3 Å². The molecule has 0 amide bonds. The summed E-state index contributed by atoms with van der Waals surface area (Å²) in [6.45, 7) is 3.23. The molecular weight excluding hydrogens is 767 g/mol. The van der Waals surface area contributed by atoms with Crippen LogP contribution in [0.5, 0.6) is 0 Å². The molecule has 0 saturated heterocycles. The minimum absolute atomic E-state index is 0.0790. The number of carbonyl (C=O) groups excluding carboxylic acids is 2.